The SMILES string of the molecule is CC(C)=CCCC(C)CCO.[Co].[Pt]. The average molecular weight is 410 g/mol. The van der Waals surface area contributed by atoms with Gasteiger partial charge in [-0.3, -0.25) is 0 Å². The maximum Gasteiger partial charge on any atom is 0.0433 e. The van der Waals surface area contributed by atoms with E-state index < -0.39 is 0 Å². The van der Waals surface area contributed by atoms with Gasteiger partial charge in [-0.05, 0) is 39.0 Å². The van der Waals surface area contributed by atoms with Crippen molar-refractivity contribution in [3.05, 3.63) is 11.6 Å². The molecule has 1 N–H and O–H groups in total. The molecule has 0 aromatic heterocycles. The van der Waals surface area contributed by atoms with Crippen LogP contribution >= 0.6 is 0 Å². The average Bonchev–Trinajstić information content (AvgIpc) is 1.87. The molecular weight excluding hydrogens is 390 g/mol. The van der Waals surface area contributed by atoms with Crippen molar-refractivity contribution in [2.45, 2.75) is 40.0 Å². The summed E-state index contributed by atoms with van der Waals surface area (Å²) in [5.74, 6) is 0.663. The van der Waals surface area contributed by atoms with Crippen LogP contribution in [-0.4, -0.2) is 11.7 Å². The van der Waals surface area contributed by atoms with Gasteiger partial charge in [0.2, 0.25) is 0 Å². The fourth-order valence-electron chi connectivity index (χ4n) is 1.02. The Morgan fingerprint density at radius 2 is 1.85 bits per heavy atom. The van der Waals surface area contributed by atoms with Gasteiger partial charge in [0.05, 0.1) is 0 Å². The molecule has 0 bridgehead atoms. The van der Waals surface area contributed by atoms with E-state index in [1.165, 1.54) is 12.0 Å². The van der Waals surface area contributed by atoms with Crippen LogP contribution in [-0.2, 0) is 37.8 Å². The summed E-state index contributed by atoms with van der Waals surface area (Å²) < 4.78 is 0. The second kappa shape index (κ2) is 12.9. The summed E-state index contributed by atoms with van der Waals surface area (Å²) in [6, 6.07) is 0. The maximum absolute atomic E-state index is 8.63. The smallest absolute Gasteiger partial charge is 0.0433 e. The fraction of sp³-hybridized carbons (Fsp3) is 0.800. The molecule has 0 amide bonds. The van der Waals surface area contributed by atoms with E-state index in [4.69, 9.17) is 5.11 Å². The Hall–Kier alpha value is 0.895. The van der Waals surface area contributed by atoms with Crippen LogP contribution in [0.3, 0.4) is 0 Å². The van der Waals surface area contributed by atoms with Gasteiger partial charge in [-0.25, -0.2) is 0 Å². The zero-order chi connectivity index (χ0) is 8.69. The first-order chi connectivity index (χ1) is 5.16. The third kappa shape index (κ3) is 15.6. The molecule has 1 atom stereocenters. The number of aliphatic hydroxyl groups excluding tert-OH is 1. The minimum Gasteiger partial charge on any atom is -0.396 e. The number of rotatable bonds is 5. The van der Waals surface area contributed by atoms with Crippen LogP contribution < -0.4 is 0 Å². The summed E-state index contributed by atoms with van der Waals surface area (Å²) in [6.07, 6.45) is 5.56. The minimum absolute atomic E-state index is 0. The molecule has 85 valence electrons. The normalized spacial score (nSPS) is 10.8. The fourth-order valence-corrected chi connectivity index (χ4v) is 1.02. The number of hydrogen-bond donors (Lipinski definition) is 1. The largest absolute Gasteiger partial charge is 0.396 e. The van der Waals surface area contributed by atoms with Crippen molar-refractivity contribution in [3.8, 4) is 0 Å². The van der Waals surface area contributed by atoms with Gasteiger partial charge in [-0.2, -0.15) is 0 Å². The van der Waals surface area contributed by atoms with E-state index in [2.05, 4.69) is 26.8 Å². The van der Waals surface area contributed by atoms with E-state index in [1.54, 1.807) is 0 Å². The van der Waals surface area contributed by atoms with Crippen molar-refractivity contribution in [1.82, 2.24) is 0 Å². The molecule has 0 aromatic carbocycles. The second-order valence-electron chi connectivity index (χ2n) is 3.48. The quantitative estimate of drug-likeness (QED) is 0.692. The molecule has 0 spiro atoms. The molecule has 0 aromatic rings. The van der Waals surface area contributed by atoms with Crippen molar-refractivity contribution in [2.24, 2.45) is 5.92 Å². The van der Waals surface area contributed by atoms with Gasteiger partial charge in [0, 0.05) is 44.5 Å². The molecule has 0 aliphatic carbocycles. The first kappa shape index (κ1) is 19.5. The van der Waals surface area contributed by atoms with Crippen molar-refractivity contribution in [2.75, 3.05) is 6.61 Å². The van der Waals surface area contributed by atoms with E-state index in [0.29, 0.717) is 12.5 Å². The van der Waals surface area contributed by atoms with Gasteiger partial charge in [-0.1, -0.05) is 18.6 Å². The Bertz CT molecular complexity index is 122. The van der Waals surface area contributed by atoms with Crippen LogP contribution in [0.4, 0.5) is 0 Å². The van der Waals surface area contributed by atoms with Crippen molar-refractivity contribution < 1.29 is 43.0 Å². The number of aliphatic hydroxyl groups is 1. The number of hydrogen-bond acceptors (Lipinski definition) is 1. The van der Waals surface area contributed by atoms with E-state index >= 15 is 0 Å². The topological polar surface area (TPSA) is 20.2 Å². The molecule has 0 fully saturated rings. The van der Waals surface area contributed by atoms with E-state index in [9.17, 15) is 0 Å². The minimum atomic E-state index is 0. The summed E-state index contributed by atoms with van der Waals surface area (Å²) in [5, 5.41) is 8.63. The third-order valence-electron chi connectivity index (χ3n) is 1.83. The van der Waals surface area contributed by atoms with Crippen LogP contribution in [0.15, 0.2) is 11.6 Å². The summed E-state index contributed by atoms with van der Waals surface area (Å²) in [7, 11) is 0. The molecule has 3 heteroatoms. The van der Waals surface area contributed by atoms with Crippen LogP contribution in [0.5, 0.6) is 0 Å². The van der Waals surface area contributed by atoms with E-state index in [0.717, 1.165) is 12.8 Å². The standard InChI is InChI=1S/C10H20O.Co.Pt/c1-9(2)5-4-6-10(3)7-8-11;;/h5,10-11H,4,6-8H2,1-3H3;;. The van der Waals surface area contributed by atoms with Crippen molar-refractivity contribution in [3.63, 3.8) is 0 Å². The molecule has 0 saturated heterocycles. The molecule has 13 heavy (non-hydrogen) atoms. The van der Waals surface area contributed by atoms with Crippen LogP contribution in [0.1, 0.15) is 40.0 Å². The van der Waals surface area contributed by atoms with E-state index in [-0.39, 0.29) is 37.8 Å². The summed E-state index contributed by atoms with van der Waals surface area (Å²) in [5.41, 5.74) is 1.39. The second-order valence-corrected chi connectivity index (χ2v) is 3.48. The summed E-state index contributed by atoms with van der Waals surface area (Å²) in [6.45, 7) is 6.76. The van der Waals surface area contributed by atoms with Crippen molar-refractivity contribution >= 4 is 0 Å². The van der Waals surface area contributed by atoms with Crippen LogP contribution in [0.2, 0.25) is 0 Å². The van der Waals surface area contributed by atoms with Gasteiger partial charge in [0.15, 0.2) is 0 Å². The van der Waals surface area contributed by atoms with Gasteiger partial charge in [-0.15, -0.1) is 0 Å². The maximum atomic E-state index is 8.63. The van der Waals surface area contributed by atoms with Gasteiger partial charge in [0.1, 0.15) is 0 Å². The summed E-state index contributed by atoms with van der Waals surface area (Å²) in [4.78, 5) is 0. The van der Waals surface area contributed by atoms with E-state index in [1.807, 2.05) is 0 Å². The third-order valence-corrected chi connectivity index (χ3v) is 1.83. The van der Waals surface area contributed by atoms with Crippen LogP contribution in [0, 0.1) is 5.92 Å². The zero-order valence-corrected chi connectivity index (χ0v) is 11.9. The molecule has 1 nitrogen and oxygen atoms in total. The Labute approximate surface area is 107 Å². The first-order valence-electron chi connectivity index (χ1n) is 4.41. The molecule has 1 unspecified atom stereocenters. The van der Waals surface area contributed by atoms with Crippen molar-refractivity contribution in [1.29, 1.82) is 0 Å². The zero-order valence-electron chi connectivity index (χ0n) is 8.58. The molecule has 0 rings (SSSR count). The molecule has 0 aliphatic rings. The molecule has 0 heterocycles. The Morgan fingerprint density at radius 1 is 1.31 bits per heavy atom. The Morgan fingerprint density at radius 3 is 2.23 bits per heavy atom. The number of allylic oxidation sites excluding steroid dienone is 2. The Kier molecular flexibility index (Phi) is 19.3. The molecule has 0 aliphatic heterocycles. The monoisotopic (exact) mass is 410 g/mol. The molecule has 1 radical (unpaired) electrons. The summed E-state index contributed by atoms with van der Waals surface area (Å²) >= 11 is 0. The van der Waals surface area contributed by atoms with Crippen LogP contribution in [0.25, 0.3) is 0 Å². The van der Waals surface area contributed by atoms with Gasteiger partial charge < -0.3 is 5.11 Å². The van der Waals surface area contributed by atoms with Gasteiger partial charge in [0.25, 0.3) is 0 Å². The Balaban J connectivity index is -0.000000500. The molecule has 0 saturated carbocycles. The first-order valence-corrected chi connectivity index (χ1v) is 4.41. The predicted octanol–water partition coefficient (Wildman–Crippen LogP) is 2.75. The predicted molar refractivity (Wildman–Crippen MR) is 49.5 cm³/mol. The van der Waals surface area contributed by atoms with Gasteiger partial charge >= 0.3 is 0 Å². The molecular formula is C10H20CoOPt.